The summed E-state index contributed by atoms with van der Waals surface area (Å²) in [5, 5.41) is 8.71. The molecule has 0 aliphatic heterocycles. The van der Waals surface area contributed by atoms with Crippen molar-refractivity contribution < 1.29 is 9.53 Å². The molecule has 0 fully saturated rings. The minimum Gasteiger partial charge on any atom is -0.444 e. The van der Waals surface area contributed by atoms with Gasteiger partial charge in [-0.25, -0.2) is 4.79 Å². The van der Waals surface area contributed by atoms with Gasteiger partial charge in [0.15, 0.2) is 5.96 Å². The first-order valence-electron chi connectivity index (χ1n) is 5.91. The zero-order chi connectivity index (χ0) is 14.0. The number of aliphatic imine (C=N–C) groups is 1. The molecule has 7 heteroatoms. The standard InChI is InChI=1S/C12H24N4O2.HI/c1-6-7-14-10(13-5)15-8-9-16-11(17)18-12(2,3)4;/h6H,1,7-9H2,2-5H3,(H,16,17)(H2,13,14,15);1H. The number of nitrogens with one attached hydrogen (secondary N) is 3. The van der Waals surface area contributed by atoms with Crippen LogP contribution in [0, 0.1) is 0 Å². The Morgan fingerprint density at radius 1 is 1.26 bits per heavy atom. The average Bonchev–Trinajstić information content (AvgIpc) is 2.26. The Morgan fingerprint density at radius 2 is 1.84 bits per heavy atom. The number of ether oxygens (including phenoxy) is 1. The van der Waals surface area contributed by atoms with Crippen molar-refractivity contribution in [2.24, 2.45) is 4.99 Å². The number of hydrogen-bond acceptors (Lipinski definition) is 3. The molecule has 0 aliphatic rings. The summed E-state index contributed by atoms with van der Waals surface area (Å²) in [6.07, 6.45) is 1.32. The molecule has 0 saturated carbocycles. The monoisotopic (exact) mass is 384 g/mol. The first kappa shape index (κ1) is 20.3. The molecule has 0 rings (SSSR count). The van der Waals surface area contributed by atoms with Crippen LogP contribution in [0.15, 0.2) is 17.6 Å². The summed E-state index contributed by atoms with van der Waals surface area (Å²) >= 11 is 0. The van der Waals surface area contributed by atoms with Crippen LogP contribution in [0.3, 0.4) is 0 Å². The number of amides is 1. The number of alkyl carbamates (subject to hydrolysis) is 1. The van der Waals surface area contributed by atoms with Crippen LogP contribution in [0.1, 0.15) is 20.8 Å². The normalized spacial score (nSPS) is 11.1. The minimum absolute atomic E-state index is 0. The van der Waals surface area contributed by atoms with Crippen molar-refractivity contribution >= 4 is 36.0 Å². The summed E-state index contributed by atoms with van der Waals surface area (Å²) in [5.41, 5.74) is -0.473. The minimum atomic E-state index is -0.473. The molecule has 0 aliphatic carbocycles. The predicted molar refractivity (Wildman–Crippen MR) is 89.2 cm³/mol. The topological polar surface area (TPSA) is 74.8 Å². The van der Waals surface area contributed by atoms with Crippen LogP contribution in [0.5, 0.6) is 0 Å². The summed E-state index contributed by atoms with van der Waals surface area (Å²) < 4.78 is 5.10. The molecule has 6 nitrogen and oxygen atoms in total. The third kappa shape index (κ3) is 13.2. The molecule has 112 valence electrons. The second-order valence-electron chi connectivity index (χ2n) is 4.60. The van der Waals surface area contributed by atoms with Crippen LogP contribution >= 0.6 is 24.0 Å². The third-order valence-corrected chi connectivity index (χ3v) is 1.72. The molecular weight excluding hydrogens is 359 g/mol. The summed E-state index contributed by atoms with van der Waals surface area (Å²) in [6.45, 7) is 10.7. The van der Waals surface area contributed by atoms with E-state index in [1.54, 1.807) is 13.1 Å². The molecule has 0 aromatic rings. The van der Waals surface area contributed by atoms with Crippen molar-refractivity contribution in [3.8, 4) is 0 Å². The summed E-state index contributed by atoms with van der Waals surface area (Å²) in [7, 11) is 1.68. The van der Waals surface area contributed by atoms with Gasteiger partial charge in [0.05, 0.1) is 0 Å². The van der Waals surface area contributed by atoms with Crippen LogP contribution < -0.4 is 16.0 Å². The van der Waals surface area contributed by atoms with Crippen LogP contribution in [0.2, 0.25) is 0 Å². The summed E-state index contributed by atoms with van der Waals surface area (Å²) in [6, 6.07) is 0. The van der Waals surface area contributed by atoms with E-state index in [0.29, 0.717) is 25.6 Å². The molecule has 0 spiro atoms. The number of rotatable bonds is 5. The van der Waals surface area contributed by atoms with Gasteiger partial charge in [-0.2, -0.15) is 0 Å². The van der Waals surface area contributed by atoms with Crippen molar-refractivity contribution in [1.82, 2.24) is 16.0 Å². The van der Waals surface area contributed by atoms with Crippen molar-refractivity contribution in [3.05, 3.63) is 12.7 Å². The predicted octanol–water partition coefficient (Wildman–Crippen LogP) is 1.48. The second-order valence-corrected chi connectivity index (χ2v) is 4.60. The van der Waals surface area contributed by atoms with Gasteiger partial charge in [-0.1, -0.05) is 6.08 Å². The second kappa shape index (κ2) is 10.9. The maximum atomic E-state index is 11.3. The van der Waals surface area contributed by atoms with Gasteiger partial charge in [-0.05, 0) is 20.8 Å². The quantitative estimate of drug-likeness (QED) is 0.221. The zero-order valence-corrected chi connectivity index (χ0v) is 14.4. The molecular formula is C12H25IN4O2. The van der Waals surface area contributed by atoms with Crippen LogP contribution in [0.4, 0.5) is 4.79 Å². The Bertz CT molecular complexity index is 301. The van der Waals surface area contributed by atoms with Crippen molar-refractivity contribution in [2.75, 3.05) is 26.7 Å². The first-order valence-corrected chi connectivity index (χ1v) is 5.91. The molecule has 0 aromatic carbocycles. The Labute approximate surface area is 132 Å². The van der Waals surface area contributed by atoms with E-state index in [9.17, 15) is 4.79 Å². The Balaban J connectivity index is 0. The lowest BCUT2D eigenvalue weighted by Gasteiger charge is -2.19. The number of hydrogen-bond donors (Lipinski definition) is 3. The maximum absolute atomic E-state index is 11.3. The largest absolute Gasteiger partial charge is 0.444 e. The van der Waals surface area contributed by atoms with E-state index < -0.39 is 11.7 Å². The molecule has 0 unspecified atom stereocenters. The fraction of sp³-hybridized carbons (Fsp3) is 0.667. The lowest BCUT2D eigenvalue weighted by molar-refractivity contribution is 0.0529. The van der Waals surface area contributed by atoms with Gasteiger partial charge >= 0.3 is 6.09 Å². The number of carbonyl (C=O) groups is 1. The molecule has 19 heavy (non-hydrogen) atoms. The Hall–Kier alpha value is -0.990. The van der Waals surface area contributed by atoms with Crippen LogP contribution in [-0.2, 0) is 4.74 Å². The average molecular weight is 384 g/mol. The fourth-order valence-corrected chi connectivity index (χ4v) is 1.05. The molecule has 0 radical (unpaired) electrons. The highest BCUT2D eigenvalue weighted by molar-refractivity contribution is 14.0. The number of carbonyl (C=O) groups excluding carboxylic acids is 1. The third-order valence-electron chi connectivity index (χ3n) is 1.72. The first-order chi connectivity index (χ1) is 8.39. The van der Waals surface area contributed by atoms with Crippen molar-refractivity contribution in [1.29, 1.82) is 0 Å². The van der Waals surface area contributed by atoms with Crippen LogP contribution in [0.25, 0.3) is 0 Å². The fourth-order valence-electron chi connectivity index (χ4n) is 1.05. The van der Waals surface area contributed by atoms with Crippen LogP contribution in [-0.4, -0.2) is 44.3 Å². The van der Waals surface area contributed by atoms with E-state index in [2.05, 4.69) is 27.5 Å². The zero-order valence-electron chi connectivity index (χ0n) is 12.1. The molecule has 3 N–H and O–H groups in total. The molecule has 0 bridgehead atoms. The van der Waals surface area contributed by atoms with Gasteiger partial charge in [-0.3, -0.25) is 4.99 Å². The number of guanidine groups is 1. The van der Waals surface area contributed by atoms with Gasteiger partial charge in [0.1, 0.15) is 5.60 Å². The molecule has 0 heterocycles. The molecule has 1 amide bonds. The van der Waals surface area contributed by atoms with Gasteiger partial charge in [0.2, 0.25) is 0 Å². The lowest BCUT2D eigenvalue weighted by Crippen LogP contribution is -2.42. The summed E-state index contributed by atoms with van der Waals surface area (Å²) in [5.74, 6) is 0.667. The van der Waals surface area contributed by atoms with Gasteiger partial charge < -0.3 is 20.7 Å². The highest BCUT2D eigenvalue weighted by Crippen LogP contribution is 2.05. The Kier molecular flexibility index (Phi) is 11.7. The van der Waals surface area contributed by atoms with E-state index in [-0.39, 0.29) is 24.0 Å². The van der Waals surface area contributed by atoms with E-state index in [0.717, 1.165) is 0 Å². The maximum Gasteiger partial charge on any atom is 0.407 e. The van der Waals surface area contributed by atoms with E-state index in [1.165, 1.54) is 0 Å². The molecule has 0 aromatic heterocycles. The van der Waals surface area contributed by atoms with E-state index in [4.69, 9.17) is 4.74 Å². The molecule has 0 atom stereocenters. The van der Waals surface area contributed by atoms with Crippen molar-refractivity contribution in [3.63, 3.8) is 0 Å². The summed E-state index contributed by atoms with van der Waals surface area (Å²) in [4.78, 5) is 15.3. The van der Waals surface area contributed by atoms with Gasteiger partial charge in [-0.15, -0.1) is 30.6 Å². The number of halogens is 1. The highest BCUT2D eigenvalue weighted by Gasteiger charge is 2.15. The van der Waals surface area contributed by atoms with E-state index >= 15 is 0 Å². The smallest absolute Gasteiger partial charge is 0.407 e. The highest BCUT2D eigenvalue weighted by atomic mass is 127. The van der Waals surface area contributed by atoms with Gasteiger partial charge in [0, 0.05) is 26.7 Å². The SMILES string of the molecule is C=CCNC(=NC)NCCNC(=O)OC(C)(C)C.I. The van der Waals surface area contributed by atoms with E-state index in [1.807, 2.05) is 20.8 Å². The lowest BCUT2D eigenvalue weighted by atomic mass is 10.2. The van der Waals surface area contributed by atoms with Crippen molar-refractivity contribution in [2.45, 2.75) is 26.4 Å². The number of nitrogens with zero attached hydrogens (tertiary/aromatic N) is 1. The molecule has 0 saturated heterocycles. The Morgan fingerprint density at radius 3 is 2.32 bits per heavy atom. The van der Waals surface area contributed by atoms with Gasteiger partial charge in [0.25, 0.3) is 0 Å².